The van der Waals surface area contributed by atoms with Crippen LogP contribution in [0.4, 0.5) is 11.6 Å². The zero-order valence-electron chi connectivity index (χ0n) is 15.2. The molecule has 132 valence electrons. The van der Waals surface area contributed by atoms with Gasteiger partial charge < -0.3 is 14.7 Å². The lowest BCUT2D eigenvalue weighted by Gasteiger charge is -2.36. The van der Waals surface area contributed by atoms with Crippen LogP contribution >= 0.6 is 0 Å². The Kier molecular flexibility index (Phi) is 5.21. The molecule has 1 aliphatic carbocycles. The van der Waals surface area contributed by atoms with E-state index in [1.54, 1.807) is 0 Å². The molecule has 1 amide bonds. The highest BCUT2D eigenvalue weighted by Crippen LogP contribution is 2.28. The van der Waals surface area contributed by atoms with Crippen molar-refractivity contribution in [2.24, 2.45) is 5.92 Å². The van der Waals surface area contributed by atoms with Gasteiger partial charge in [0.05, 0.1) is 0 Å². The Morgan fingerprint density at radius 2 is 1.83 bits per heavy atom. The van der Waals surface area contributed by atoms with E-state index >= 15 is 0 Å². The predicted octanol–water partition coefficient (Wildman–Crippen LogP) is 2.08. The Morgan fingerprint density at radius 1 is 1.17 bits per heavy atom. The average molecular weight is 331 g/mol. The van der Waals surface area contributed by atoms with E-state index in [4.69, 9.17) is 0 Å². The summed E-state index contributed by atoms with van der Waals surface area (Å²) in [6.45, 7) is 5.22. The van der Waals surface area contributed by atoms with E-state index in [-0.39, 0.29) is 0 Å². The van der Waals surface area contributed by atoms with Crippen LogP contribution in [0.3, 0.4) is 0 Å². The van der Waals surface area contributed by atoms with Gasteiger partial charge in [-0.2, -0.15) is 0 Å². The molecule has 1 saturated carbocycles. The Morgan fingerprint density at radius 3 is 2.46 bits per heavy atom. The van der Waals surface area contributed by atoms with Crippen molar-refractivity contribution in [1.29, 1.82) is 0 Å². The fourth-order valence-electron chi connectivity index (χ4n) is 3.70. The van der Waals surface area contributed by atoms with Crippen LogP contribution in [0.2, 0.25) is 0 Å². The molecule has 0 atom stereocenters. The smallest absolute Gasteiger partial charge is 0.222 e. The van der Waals surface area contributed by atoms with Crippen molar-refractivity contribution < 1.29 is 4.79 Å². The third-order valence-electron chi connectivity index (χ3n) is 5.16. The molecule has 1 aromatic heterocycles. The summed E-state index contributed by atoms with van der Waals surface area (Å²) >= 11 is 0. The van der Waals surface area contributed by atoms with E-state index in [0.717, 1.165) is 50.1 Å². The maximum absolute atomic E-state index is 12.5. The fourth-order valence-corrected chi connectivity index (χ4v) is 3.70. The van der Waals surface area contributed by atoms with Crippen molar-refractivity contribution in [3.05, 3.63) is 11.9 Å². The normalized spacial score (nSPS) is 19.0. The second kappa shape index (κ2) is 7.36. The maximum atomic E-state index is 12.5. The number of anilines is 2. The standard InChI is InChI=1S/C18H29N5O/c1-14-19-16(21(2)3)13-17(20-14)22-8-10-23(11-9-22)18(24)12-15-6-4-5-7-15/h13,15H,4-12H2,1-3H3. The van der Waals surface area contributed by atoms with Gasteiger partial charge in [0.25, 0.3) is 0 Å². The van der Waals surface area contributed by atoms with E-state index in [0.29, 0.717) is 11.8 Å². The highest BCUT2D eigenvalue weighted by molar-refractivity contribution is 5.76. The summed E-state index contributed by atoms with van der Waals surface area (Å²) in [7, 11) is 3.98. The van der Waals surface area contributed by atoms with E-state index in [1.807, 2.05) is 36.9 Å². The van der Waals surface area contributed by atoms with Gasteiger partial charge in [-0.1, -0.05) is 12.8 Å². The average Bonchev–Trinajstić information content (AvgIpc) is 3.07. The lowest BCUT2D eigenvalue weighted by molar-refractivity contribution is -0.132. The van der Waals surface area contributed by atoms with Crippen LogP contribution in [0.5, 0.6) is 0 Å². The van der Waals surface area contributed by atoms with Gasteiger partial charge in [0.15, 0.2) is 0 Å². The monoisotopic (exact) mass is 331 g/mol. The van der Waals surface area contributed by atoms with Crippen molar-refractivity contribution in [2.45, 2.75) is 39.0 Å². The van der Waals surface area contributed by atoms with E-state index in [9.17, 15) is 4.79 Å². The highest BCUT2D eigenvalue weighted by atomic mass is 16.2. The molecule has 6 heteroatoms. The molecule has 0 N–H and O–H groups in total. The summed E-state index contributed by atoms with van der Waals surface area (Å²) in [6, 6.07) is 2.03. The van der Waals surface area contributed by atoms with Crippen LogP contribution in [0, 0.1) is 12.8 Å². The first-order valence-corrected chi connectivity index (χ1v) is 9.08. The third-order valence-corrected chi connectivity index (χ3v) is 5.16. The molecule has 0 radical (unpaired) electrons. The van der Waals surface area contributed by atoms with Crippen molar-refractivity contribution in [2.75, 3.05) is 50.1 Å². The molecule has 0 aromatic carbocycles. The zero-order chi connectivity index (χ0) is 17.1. The van der Waals surface area contributed by atoms with Gasteiger partial charge in [-0.3, -0.25) is 4.79 Å². The van der Waals surface area contributed by atoms with Crippen LogP contribution < -0.4 is 9.80 Å². The van der Waals surface area contributed by atoms with Crippen LogP contribution in [-0.4, -0.2) is 61.0 Å². The van der Waals surface area contributed by atoms with Crippen molar-refractivity contribution in [1.82, 2.24) is 14.9 Å². The summed E-state index contributed by atoms with van der Waals surface area (Å²) in [5, 5.41) is 0. The summed E-state index contributed by atoms with van der Waals surface area (Å²) in [4.78, 5) is 27.8. The van der Waals surface area contributed by atoms with Crippen LogP contribution in [0.1, 0.15) is 37.9 Å². The summed E-state index contributed by atoms with van der Waals surface area (Å²) in [5.74, 6) is 3.65. The molecule has 0 unspecified atom stereocenters. The Hall–Kier alpha value is -1.85. The minimum atomic E-state index is 0.342. The highest BCUT2D eigenvalue weighted by Gasteiger charge is 2.25. The minimum absolute atomic E-state index is 0.342. The largest absolute Gasteiger partial charge is 0.363 e. The molecule has 24 heavy (non-hydrogen) atoms. The number of hydrogen-bond donors (Lipinski definition) is 0. The second-order valence-electron chi connectivity index (χ2n) is 7.25. The zero-order valence-corrected chi connectivity index (χ0v) is 15.2. The SMILES string of the molecule is Cc1nc(N(C)C)cc(N2CCN(C(=O)CC3CCCC3)CC2)n1. The van der Waals surface area contributed by atoms with Crippen LogP contribution in [0.25, 0.3) is 0 Å². The Labute approximate surface area is 144 Å². The van der Waals surface area contributed by atoms with Gasteiger partial charge in [-0.05, 0) is 25.7 Å². The third kappa shape index (κ3) is 3.97. The molecule has 6 nitrogen and oxygen atoms in total. The number of rotatable bonds is 4. The number of amides is 1. The van der Waals surface area contributed by atoms with E-state index in [2.05, 4.69) is 14.9 Å². The van der Waals surface area contributed by atoms with Gasteiger partial charge in [-0.25, -0.2) is 9.97 Å². The number of carbonyl (C=O) groups is 1. The Bertz CT molecular complexity index is 575. The fraction of sp³-hybridized carbons (Fsp3) is 0.722. The molecule has 1 saturated heterocycles. The summed E-state index contributed by atoms with van der Waals surface area (Å²) in [5.41, 5.74) is 0. The lowest BCUT2D eigenvalue weighted by atomic mass is 10.0. The van der Waals surface area contributed by atoms with E-state index in [1.165, 1.54) is 25.7 Å². The van der Waals surface area contributed by atoms with Crippen LogP contribution in [-0.2, 0) is 4.79 Å². The quantitative estimate of drug-likeness (QED) is 0.845. The number of aromatic nitrogens is 2. The van der Waals surface area contributed by atoms with Crippen molar-refractivity contribution in [3.8, 4) is 0 Å². The number of piperazine rings is 1. The first kappa shape index (κ1) is 17.0. The predicted molar refractivity (Wildman–Crippen MR) is 96.5 cm³/mol. The number of hydrogen-bond acceptors (Lipinski definition) is 5. The molecule has 0 spiro atoms. The van der Waals surface area contributed by atoms with Crippen molar-refractivity contribution in [3.63, 3.8) is 0 Å². The first-order chi connectivity index (χ1) is 11.5. The van der Waals surface area contributed by atoms with E-state index < -0.39 is 0 Å². The molecule has 1 aromatic rings. The van der Waals surface area contributed by atoms with Gasteiger partial charge in [0.2, 0.25) is 5.91 Å². The Balaban J connectivity index is 1.57. The van der Waals surface area contributed by atoms with Crippen LogP contribution in [0.15, 0.2) is 6.07 Å². The van der Waals surface area contributed by atoms with Gasteiger partial charge in [-0.15, -0.1) is 0 Å². The first-order valence-electron chi connectivity index (χ1n) is 9.08. The van der Waals surface area contributed by atoms with Gasteiger partial charge in [0.1, 0.15) is 17.5 Å². The van der Waals surface area contributed by atoms with Crippen molar-refractivity contribution >= 4 is 17.5 Å². The number of aryl methyl sites for hydroxylation is 1. The molecule has 2 heterocycles. The number of carbonyl (C=O) groups excluding carboxylic acids is 1. The molecule has 2 fully saturated rings. The minimum Gasteiger partial charge on any atom is -0.363 e. The summed E-state index contributed by atoms with van der Waals surface area (Å²) < 4.78 is 0. The van der Waals surface area contributed by atoms with Gasteiger partial charge >= 0.3 is 0 Å². The molecule has 1 aliphatic heterocycles. The molecule has 0 bridgehead atoms. The topological polar surface area (TPSA) is 52.6 Å². The second-order valence-corrected chi connectivity index (χ2v) is 7.25. The number of nitrogens with zero attached hydrogens (tertiary/aromatic N) is 5. The summed E-state index contributed by atoms with van der Waals surface area (Å²) in [6.07, 6.45) is 5.82. The molecular formula is C18H29N5O. The lowest BCUT2D eigenvalue weighted by Crippen LogP contribution is -2.49. The molecular weight excluding hydrogens is 302 g/mol. The van der Waals surface area contributed by atoms with Gasteiger partial charge in [0, 0.05) is 52.8 Å². The molecule has 3 rings (SSSR count). The molecule has 2 aliphatic rings. The maximum Gasteiger partial charge on any atom is 0.222 e.